The van der Waals surface area contributed by atoms with Crippen molar-refractivity contribution in [2.24, 2.45) is 11.8 Å². The maximum atomic E-state index is 13.9. The normalized spacial score (nSPS) is 29.0. The van der Waals surface area contributed by atoms with Gasteiger partial charge in [0.1, 0.15) is 0 Å². The summed E-state index contributed by atoms with van der Waals surface area (Å²) in [7, 11) is 0. The highest BCUT2D eigenvalue weighted by Crippen LogP contribution is 2.45. The fourth-order valence-corrected chi connectivity index (χ4v) is 8.27. The molecule has 1 amide bonds. The van der Waals surface area contributed by atoms with Crippen molar-refractivity contribution in [3.63, 3.8) is 0 Å². The molecule has 37 heavy (non-hydrogen) atoms. The van der Waals surface area contributed by atoms with Gasteiger partial charge < -0.3 is 9.47 Å². The van der Waals surface area contributed by atoms with Crippen LogP contribution in [0.3, 0.4) is 0 Å². The van der Waals surface area contributed by atoms with E-state index in [1.165, 1.54) is 38.8 Å². The van der Waals surface area contributed by atoms with E-state index in [1.807, 2.05) is 30.3 Å². The third-order valence-corrected chi connectivity index (χ3v) is 9.83. The summed E-state index contributed by atoms with van der Waals surface area (Å²) in [5.41, 5.74) is 4.25. The van der Waals surface area contributed by atoms with Gasteiger partial charge in [-0.15, -0.1) is 0 Å². The lowest BCUT2D eigenvalue weighted by Crippen LogP contribution is -2.66. The van der Waals surface area contributed by atoms with Crippen LogP contribution < -0.4 is 0 Å². The number of halogens is 2. The molecular formula is C31H33Cl2N3O. The number of nitrogens with zero attached hydrogens (tertiary/aromatic N) is 3. The van der Waals surface area contributed by atoms with Gasteiger partial charge in [0.25, 0.3) is 0 Å². The molecule has 4 fully saturated rings. The molecule has 4 aliphatic rings. The van der Waals surface area contributed by atoms with Gasteiger partial charge in [0, 0.05) is 57.9 Å². The number of fused-ring (bicyclic) bond motifs is 3. The Hall–Kier alpha value is -2.27. The lowest BCUT2D eigenvalue weighted by atomic mass is 9.67. The maximum Gasteiger partial charge on any atom is 0.250 e. The van der Waals surface area contributed by atoms with Gasteiger partial charge in [0.15, 0.2) is 0 Å². The molecule has 5 heterocycles. The first-order valence-corrected chi connectivity index (χ1v) is 14.6. The number of rotatable bonds is 3. The van der Waals surface area contributed by atoms with Crippen LogP contribution in [0.25, 0.3) is 17.0 Å². The van der Waals surface area contributed by atoms with E-state index in [4.69, 9.17) is 23.2 Å². The molecule has 7 rings (SSSR count). The van der Waals surface area contributed by atoms with Crippen LogP contribution in [0.5, 0.6) is 0 Å². The molecule has 0 aliphatic carbocycles. The standard InChI is InChI=1S/C31H33Cl2N3O/c32-24-6-1-4-20(14-24)17-35-18-23(26-10-9-25(33)16-29(26)35)15-21-8-11-28-27-7-3-13-34-12-2-5-22(30(27)34)19-36(28)31(21)37/h1,4,6,9-10,14-16,18,22,27-28,30H,2-3,5,7-8,11-13,17,19H2/b21-15+/t22-,27+,28+,30-/m0/s1. The van der Waals surface area contributed by atoms with Gasteiger partial charge in [0.2, 0.25) is 5.91 Å². The number of carbonyl (C=O) groups is 1. The molecule has 1 aromatic heterocycles. The first-order valence-electron chi connectivity index (χ1n) is 13.8. The van der Waals surface area contributed by atoms with Crippen LogP contribution in [-0.4, -0.2) is 52.0 Å². The highest BCUT2D eigenvalue weighted by molar-refractivity contribution is 6.31. The molecule has 6 heteroatoms. The monoisotopic (exact) mass is 533 g/mol. The van der Waals surface area contributed by atoms with Crippen molar-refractivity contribution < 1.29 is 4.79 Å². The summed E-state index contributed by atoms with van der Waals surface area (Å²) in [6.07, 6.45) is 11.4. The number of hydrogen-bond donors (Lipinski definition) is 0. The van der Waals surface area contributed by atoms with Crippen LogP contribution in [0, 0.1) is 11.8 Å². The number of benzene rings is 2. The van der Waals surface area contributed by atoms with Crippen LogP contribution in [0.2, 0.25) is 10.0 Å². The average Bonchev–Trinajstić information content (AvgIpc) is 3.22. The Morgan fingerprint density at radius 3 is 2.68 bits per heavy atom. The minimum Gasteiger partial charge on any atom is -0.342 e. The Balaban J connectivity index is 1.21. The van der Waals surface area contributed by atoms with E-state index in [0.29, 0.717) is 35.5 Å². The molecule has 3 aromatic rings. The van der Waals surface area contributed by atoms with Crippen molar-refractivity contribution in [1.29, 1.82) is 0 Å². The number of hydrogen-bond acceptors (Lipinski definition) is 2. The second-order valence-corrected chi connectivity index (χ2v) is 12.3. The SMILES string of the molecule is O=C1/C(=C/c2cn(Cc3cccc(Cl)c3)c3cc(Cl)ccc23)CC[C@@H]2[C@H]3CCCN4CCC[C@@H](CN12)[C@@H]34. The topological polar surface area (TPSA) is 28.5 Å². The zero-order valence-corrected chi connectivity index (χ0v) is 22.6. The molecule has 192 valence electrons. The Bertz CT molecular complexity index is 1390. The zero-order chi connectivity index (χ0) is 25.1. The number of piperidine rings is 4. The molecular weight excluding hydrogens is 501 g/mol. The van der Waals surface area contributed by atoms with E-state index in [-0.39, 0.29) is 5.91 Å². The van der Waals surface area contributed by atoms with E-state index in [2.05, 4.69) is 38.8 Å². The quantitative estimate of drug-likeness (QED) is 0.343. The molecule has 0 N–H and O–H groups in total. The predicted octanol–water partition coefficient (Wildman–Crippen LogP) is 6.88. The van der Waals surface area contributed by atoms with E-state index in [0.717, 1.165) is 52.0 Å². The number of carbonyl (C=O) groups excluding carboxylic acids is 1. The molecule has 0 saturated carbocycles. The largest absolute Gasteiger partial charge is 0.342 e. The van der Waals surface area contributed by atoms with Crippen molar-refractivity contribution in [2.45, 2.75) is 57.2 Å². The summed E-state index contributed by atoms with van der Waals surface area (Å²) in [5, 5.41) is 2.58. The molecule has 4 atom stereocenters. The van der Waals surface area contributed by atoms with Crippen molar-refractivity contribution in [3.05, 3.63) is 75.4 Å². The highest BCUT2D eigenvalue weighted by atomic mass is 35.5. The third-order valence-electron chi connectivity index (χ3n) is 9.36. The molecule has 4 saturated heterocycles. The van der Waals surface area contributed by atoms with E-state index in [1.54, 1.807) is 0 Å². The van der Waals surface area contributed by atoms with Crippen molar-refractivity contribution in [2.75, 3.05) is 19.6 Å². The summed E-state index contributed by atoms with van der Waals surface area (Å²) < 4.78 is 2.22. The van der Waals surface area contributed by atoms with Crippen molar-refractivity contribution in [1.82, 2.24) is 14.4 Å². The van der Waals surface area contributed by atoms with Gasteiger partial charge in [-0.05, 0) is 99.4 Å². The Morgan fingerprint density at radius 2 is 1.81 bits per heavy atom. The summed E-state index contributed by atoms with van der Waals surface area (Å²) in [6.45, 7) is 4.15. The lowest BCUT2D eigenvalue weighted by molar-refractivity contribution is -0.145. The second-order valence-electron chi connectivity index (χ2n) is 11.5. The van der Waals surface area contributed by atoms with Crippen LogP contribution in [0.1, 0.15) is 49.7 Å². The molecule has 2 aromatic carbocycles. The number of amides is 1. The Kier molecular flexibility index (Phi) is 6.10. The van der Waals surface area contributed by atoms with Crippen LogP contribution in [0.15, 0.2) is 54.2 Å². The summed E-state index contributed by atoms with van der Waals surface area (Å²) in [4.78, 5) is 19.0. The van der Waals surface area contributed by atoms with Gasteiger partial charge in [0.05, 0.1) is 5.52 Å². The predicted molar refractivity (Wildman–Crippen MR) is 151 cm³/mol. The average molecular weight is 535 g/mol. The van der Waals surface area contributed by atoms with Crippen molar-refractivity contribution >= 4 is 46.1 Å². The maximum absolute atomic E-state index is 13.9. The molecule has 0 unspecified atom stereocenters. The molecule has 0 spiro atoms. The van der Waals surface area contributed by atoms with Crippen LogP contribution >= 0.6 is 23.2 Å². The smallest absolute Gasteiger partial charge is 0.250 e. The molecule has 4 nitrogen and oxygen atoms in total. The van der Waals surface area contributed by atoms with Gasteiger partial charge in [-0.25, -0.2) is 0 Å². The first kappa shape index (κ1) is 23.8. The van der Waals surface area contributed by atoms with Gasteiger partial charge in [-0.3, -0.25) is 9.69 Å². The second kappa shape index (κ2) is 9.48. The lowest BCUT2D eigenvalue weighted by Gasteiger charge is -2.58. The Morgan fingerprint density at radius 1 is 0.973 bits per heavy atom. The molecule has 0 radical (unpaired) electrons. The van der Waals surface area contributed by atoms with E-state index < -0.39 is 0 Å². The van der Waals surface area contributed by atoms with Crippen molar-refractivity contribution in [3.8, 4) is 0 Å². The van der Waals surface area contributed by atoms with E-state index in [9.17, 15) is 4.79 Å². The summed E-state index contributed by atoms with van der Waals surface area (Å²) >= 11 is 12.7. The number of aromatic nitrogens is 1. The molecule has 0 bridgehead atoms. The third kappa shape index (κ3) is 4.22. The van der Waals surface area contributed by atoms with Gasteiger partial charge in [-0.1, -0.05) is 41.4 Å². The summed E-state index contributed by atoms with van der Waals surface area (Å²) in [6, 6.07) is 15.1. The minimum atomic E-state index is 0.266. The fourth-order valence-electron chi connectivity index (χ4n) is 7.89. The van der Waals surface area contributed by atoms with E-state index >= 15 is 0 Å². The van der Waals surface area contributed by atoms with Crippen LogP contribution in [-0.2, 0) is 11.3 Å². The minimum absolute atomic E-state index is 0.266. The highest BCUT2D eigenvalue weighted by Gasteiger charge is 2.51. The molecule has 4 aliphatic heterocycles. The summed E-state index contributed by atoms with van der Waals surface area (Å²) in [5.74, 6) is 1.56. The zero-order valence-electron chi connectivity index (χ0n) is 21.1. The van der Waals surface area contributed by atoms with Crippen LogP contribution in [0.4, 0.5) is 0 Å². The van der Waals surface area contributed by atoms with Gasteiger partial charge in [-0.2, -0.15) is 0 Å². The fraction of sp³-hybridized carbons (Fsp3) is 0.452. The first-order chi connectivity index (χ1) is 18.0. The van der Waals surface area contributed by atoms with Gasteiger partial charge >= 0.3 is 0 Å². The Labute approximate surface area is 228 Å².